The molecule has 0 aromatic heterocycles. The van der Waals surface area contributed by atoms with Crippen LogP contribution in [0.3, 0.4) is 0 Å². The van der Waals surface area contributed by atoms with Gasteiger partial charge in [0.05, 0.1) is 19.9 Å². The summed E-state index contributed by atoms with van der Waals surface area (Å²) in [4.78, 5) is 24.8. The van der Waals surface area contributed by atoms with Crippen molar-refractivity contribution in [3.63, 3.8) is 0 Å². The van der Waals surface area contributed by atoms with Crippen LogP contribution in [-0.2, 0) is 9.59 Å². The molecule has 0 aliphatic rings. The number of hydrogen-bond donors (Lipinski definition) is 5. The smallest absolute Gasteiger partial charge is 0.491 e. The maximum Gasteiger partial charge on any atom is 0.491 e. The highest BCUT2D eigenvalue weighted by atomic mass is 19.4. The Morgan fingerprint density at radius 2 is 1.50 bits per heavy atom. The molecule has 10 nitrogen and oxygen atoms in total. The highest BCUT2D eigenvalue weighted by Crippen LogP contribution is 2.41. The number of hydrogen-bond acceptors (Lipinski definition) is 8. The van der Waals surface area contributed by atoms with Crippen molar-refractivity contribution in [3.05, 3.63) is 77.9 Å². The summed E-state index contributed by atoms with van der Waals surface area (Å²) >= 11 is 0. The third kappa shape index (κ3) is 6.84. The molecule has 6 N–H and O–H groups in total. The number of benzene rings is 3. The number of nitrogen functional groups attached to an aromatic ring is 1. The Morgan fingerprint density at radius 1 is 0.921 bits per heavy atom. The van der Waals surface area contributed by atoms with Crippen LogP contribution in [0.15, 0.2) is 66.7 Å². The van der Waals surface area contributed by atoms with E-state index < -0.39 is 29.8 Å². The quantitative estimate of drug-likeness (QED) is 0.0874. The Balaban J connectivity index is 2.00. The van der Waals surface area contributed by atoms with Crippen LogP contribution in [-0.4, -0.2) is 38.1 Å². The number of esters is 1. The van der Waals surface area contributed by atoms with Gasteiger partial charge in [0, 0.05) is 11.3 Å². The molecule has 38 heavy (non-hydrogen) atoms. The van der Waals surface area contributed by atoms with Crippen LogP contribution < -0.4 is 36.1 Å². The number of methoxy groups -OCH3 is 2. The molecule has 0 spiro atoms. The summed E-state index contributed by atoms with van der Waals surface area (Å²) in [7, 11) is 2.31. The molecule has 0 bridgehead atoms. The highest BCUT2D eigenvalue weighted by molar-refractivity contribution is 5.95. The van der Waals surface area contributed by atoms with Gasteiger partial charge in [-0.25, -0.2) is 4.79 Å². The first kappa shape index (κ1) is 27.6. The number of carbonyl (C=O) groups excluding carboxylic acids is 2. The Morgan fingerprint density at radius 3 is 2.00 bits per heavy atom. The molecule has 200 valence electrons. The van der Waals surface area contributed by atoms with E-state index >= 15 is 0 Å². The van der Waals surface area contributed by atoms with Crippen molar-refractivity contribution in [2.45, 2.75) is 12.2 Å². The number of nitrogens with two attached hydrogens (primary N) is 1. The van der Waals surface area contributed by atoms with Gasteiger partial charge in [0.15, 0.2) is 11.5 Å². The van der Waals surface area contributed by atoms with Crippen molar-refractivity contribution >= 4 is 29.1 Å². The molecule has 1 atom stereocenters. The fourth-order valence-electron chi connectivity index (χ4n) is 3.26. The molecule has 13 heteroatoms. The lowest BCUT2D eigenvalue weighted by Crippen LogP contribution is -2.37. The van der Waals surface area contributed by atoms with Gasteiger partial charge >= 0.3 is 12.1 Å². The first-order valence-electron chi connectivity index (χ1n) is 10.9. The molecular weight excluding hydrogens is 507 g/mol. The van der Waals surface area contributed by atoms with Gasteiger partial charge in [0.1, 0.15) is 11.9 Å². The minimum absolute atomic E-state index is 0.142. The normalized spacial score (nSPS) is 11.6. The van der Waals surface area contributed by atoms with Gasteiger partial charge in [-0.15, -0.1) is 0 Å². The number of amidine groups is 1. The summed E-state index contributed by atoms with van der Waals surface area (Å²) in [6, 6.07) is 16.4. The van der Waals surface area contributed by atoms with E-state index in [4.69, 9.17) is 20.6 Å². The Hall–Kier alpha value is -4.94. The van der Waals surface area contributed by atoms with E-state index in [2.05, 4.69) is 20.9 Å². The zero-order valence-electron chi connectivity index (χ0n) is 20.2. The molecule has 3 aromatic carbocycles. The number of carbonyl (C=O) groups is 2. The number of para-hydroxylation sites is 1. The van der Waals surface area contributed by atoms with Gasteiger partial charge in [-0.2, -0.15) is 13.2 Å². The molecule has 0 saturated carbocycles. The number of alkyl halides is 3. The van der Waals surface area contributed by atoms with E-state index in [1.54, 1.807) is 54.6 Å². The molecular formula is C25H24F3N5O5. The molecule has 0 fully saturated rings. The van der Waals surface area contributed by atoms with E-state index in [0.717, 1.165) is 14.2 Å². The number of nitrogens with one attached hydrogen (secondary N) is 4. The molecule has 1 unspecified atom stereocenters. The summed E-state index contributed by atoms with van der Waals surface area (Å²) in [5.41, 5.74) is 12.6. The van der Waals surface area contributed by atoms with E-state index in [1.807, 2.05) is 0 Å². The molecule has 0 aliphatic heterocycles. The predicted octanol–water partition coefficient (Wildman–Crippen LogP) is 3.75. The average molecular weight is 531 g/mol. The Kier molecular flexibility index (Phi) is 8.63. The van der Waals surface area contributed by atoms with Crippen molar-refractivity contribution in [2.24, 2.45) is 5.73 Å². The SMILES string of the molecule is COc1cc(C(Nc2ccc(C(=N)N)cc2)C(=O)NNc2ccccc2)cc(OC)c1OC(=O)C(F)(F)F. The summed E-state index contributed by atoms with van der Waals surface area (Å²) in [6.45, 7) is 0. The lowest BCUT2D eigenvalue weighted by molar-refractivity contribution is -0.189. The summed E-state index contributed by atoms with van der Waals surface area (Å²) in [5.74, 6) is -4.36. The Bertz CT molecular complexity index is 1280. The van der Waals surface area contributed by atoms with Crippen LogP contribution in [0.4, 0.5) is 24.5 Å². The maximum absolute atomic E-state index is 13.3. The Labute approximate surface area is 215 Å². The third-order valence-corrected chi connectivity index (χ3v) is 5.12. The molecule has 0 radical (unpaired) electrons. The summed E-state index contributed by atoms with van der Waals surface area (Å²) in [6.07, 6.45) is -5.26. The fraction of sp³-hybridized carbons (Fsp3) is 0.160. The average Bonchev–Trinajstić information content (AvgIpc) is 2.90. The molecule has 1 amide bonds. The van der Waals surface area contributed by atoms with Crippen molar-refractivity contribution in [1.82, 2.24) is 5.43 Å². The van der Waals surface area contributed by atoms with Crippen LogP contribution in [0.5, 0.6) is 17.2 Å². The number of rotatable bonds is 10. The number of amides is 1. The van der Waals surface area contributed by atoms with Crippen molar-refractivity contribution in [1.29, 1.82) is 5.41 Å². The number of halogens is 3. The first-order chi connectivity index (χ1) is 18.0. The zero-order valence-corrected chi connectivity index (χ0v) is 20.2. The highest BCUT2D eigenvalue weighted by Gasteiger charge is 2.42. The van der Waals surface area contributed by atoms with Gasteiger partial charge in [-0.05, 0) is 54.1 Å². The second kappa shape index (κ2) is 11.9. The zero-order chi connectivity index (χ0) is 27.9. The number of anilines is 2. The van der Waals surface area contributed by atoms with E-state index in [0.29, 0.717) is 16.9 Å². The summed E-state index contributed by atoms with van der Waals surface area (Å²) in [5, 5.41) is 10.6. The largest absolute Gasteiger partial charge is 0.493 e. The molecule has 3 rings (SSSR count). The van der Waals surface area contributed by atoms with Gasteiger partial charge in [-0.1, -0.05) is 18.2 Å². The van der Waals surface area contributed by atoms with Gasteiger partial charge in [-0.3, -0.25) is 21.1 Å². The predicted molar refractivity (Wildman–Crippen MR) is 133 cm³/mol. The molecule has 0 aliphatic carbocycles. The van der Waals surface area contributed by atoms with Crippen molar-refractivity contribution in [2.75, 3.05) is 25.0 Å². The van der Waals surface area contributed by atoms with Crippen molar-refractivity contribution in [3.8, 4) is 17.2 Å². The maximum atomic E-state index is 13.3. The topological polar surface area (TPSA) is 148 Å². The van der Waals surface area contributed by atoms with E-state index in [-0.39, 0.29) is 22.9 Å². The second-order valence-corrected chi connectivity index (χ2v) is 7.69. The van der Waals surface area contributed by atoms with Crippen LogP contribution >= 0.6 is 0 Å². The van der Waals surface area contributed by atoms with Crippen LogP contribution in [0, 0.1) is 5.41 Å². The number of ether oxygens (including phenoxy) is 3. The van der Waals surface area contributed by atoms with E-state index in [1.165, 1.54) is 12.1 Å². The van der Waals surface area contributed by atoms with E-state index in [9.17, 15) is 22.8 Å². The van der Waals surface area contributed by atoms with Crippen molar-refractivity contribution < 1.29 is 37.0 Å². The molecule has 0 heterocycles. The second-order valence-electron chi connectivity index (χ2n) is 7.69. The van der Waals surface area contributed by atoms with Gasteiger partial charge < -0.3 is 25.3 Å². The minimum Gasteiger partial charge on any atom is -0.493 e. The molecule has 0 saturated heterocycles. The minimum atomic E-state index is -5.26. The van der Waals surface area contributed by atoms with Gasteiger partial charge in [0.2, 0.25) is 5.75 Å². The first-order valence-corrected chi connectivity index (χ1v) is 10.9. The van der Waals surface area contributed by atoms with Crippen LogP contribution in [0.1, 0.15) is 17.2 Å². The summed E-state index contributed by atoms with van der Waals surface area (Å²) < 4.78 is 53.3. The lowest BCUT2D eigenvalue weighted by Gasteiger charge is -2.23. The van der Waals surface area contributed by atoms with Crippen LogP contribution in [0.25, 0.3) is 0 Å². The lowest BCUT2D eigenvalue weighted by atomic mass is 10.0. The van der Waals surface area contributed by atoms with Gasteiger partial charge in [0.25, 0.3) is 5.91 Å². The van der Waals surface area contributed by atoms with Crippen LogP contribution in [0.2, 0.25) is 0 Å². The third-order valence-electron chi connectivity index (χ3n) is 5.12. The monoisotopic (exact) mass is 531 g/mol. The number of hydrazine groups is 1. The fourth-order valence-corrected chi connectivity index (χ4v) is 3.26. The standard InChI is InChI=1S/C25H24F3N5O5/c1-36-18-12-15(13-19(37-2)21(18)38-24(35)25(26,27)28)20(23(34)33-32-17-6-4-3-5-7-17)31-16-10-8-14(9-11-16)22(29)30/h3-13,20,31-32H,1-2H3,(H3,29,30)(H,33,34). The molecule has 3 aromatic rings.